The van der Waals surface area contributed by atoms with Crippen LogP contribution in [0.1, 0.15) is 30.0 Å². The monoisotopic (exact) mass is 472 g/mol. The summed E-state index contributed by atoms with van der Waals surface area (Å²) in [4.78, 5) is 24.9. The van der Waals surface area contributed by atoms with E-state index in [2.05, 4.69) is 10.9 Å². The minimum absolute atomic E-state index is 0.131. The number of benzene rings is 2. The number of sulfone groups is 1. The minimum Gasteiger partial charge on any atom is -0.494 e. The zero-order chi connectivity index (χ0) is 23.8. The number of hydrazine groups is 1. The molecule has 0 bridgehead atoms. The van der Waals surface area contributed by atoms with Gasteiger partial charge in [-0.05, 0) is 56.3 Å². The van der Waals surface area contributed by atoms with Crippen LogP contribution in [0, 0.1) is 0 Å². The fraction of sp³-hybridized carbons (Fsp3) is 0.217. The zero-order valence-electron chi connectivity index (χ0n) is 18.1. The molecule has 0 saturated carbocycles. The van der Waals surface area contributed by atoms with Crippen LogP contribution < -0.4 is 20.3 Å². The van der Waals surface area contributed by atoms with Gasteiger partial charge < -0.3 is 13.9 Å². The number of nitrogens with one attached hydrogen (secondary N) is 2. The molecule has 2 amide bonds. The molecule has 9 nitrogen and oxygen atoms in total. The number of ether oxygens (including phenoxy) is 2. The predicted octanol–water partition coefficient (Wildman–Crippen LogP) is 2.88. The molecule has 0 aliphatic carbocycles. The molecule has 174 valence electrons. The summed E-state index contributed by atoms with van der Waals surface area (Å²) in [7, 11) is -3.68. The largest absolute Gasteiger partial charge is 0.494 e. The second-order valence-electron chi connectivity index (χ2n) is 6.95. The van der Waals surface area contributed by atoms with Gasteiger partial charge in [0.1, 0.15) is 11.5 Å². The van der Waals surface area contributed by atoms with Gasteiger partial charge in [-0.25, -0.2) is 8.42 Å². The Hall–Kier alpha value is -3.79. The number of carbonyl (C=O) groups excluding carboxylic acids is 2. The molecule has 0 fully saturated rings. The van der Waals surface area contributed by atoms with E-state index < -0.39 is 33.5 Å². The van der Waals surface area contributed by atoms with Crippen LogP contribution in [0.3, 0.4) is 0 Å². The Labute approximate surface area is 191 Å². The first-order valence-electron chi connectivity index (χ1n) is 10.1. The van der Waals surface area contributed by atoms with Crippen LogP contribution in [-0.2, 0) is 20.4 Å². The van der Waals surface area contributed by atoms with Gasteiger partial charge in [-0.15, -0.1) is 0 Å². The lowest BCUT2D eigenvalue weighted by Gasteiger charge is -2.15. The topological polar surface area (TPSA) is 124 Å². The summed E-state index contributed by atoms with van der Waals surface area (Å²) in [5.74, 6) is -0.914. The van der Waals surface area contributed by atoms with Crippen molar-refractivity contribution in [2.24, 2.45) is 0 Å². The van der Waals surface area contributed by atoms with Crippen molar-refractivity contribution in [3.8, 4) is 11.5 Å². The van der Waals surface area contributed by atoms with Crippen molar-refractivity contribution < 1.29 is 31.9 Å². The third-order valence-corrected chi connectivity index (χ3v) is 6.20. The second-order valence-corrected chi connectivity index (χ2v) is 8.94. The molecular formula is C23H24N2O7S. The van der Waals surface area contributed by atoms with Crippen LogP contribution in [0.15, 0.2) is 76.2 Å². The SMILES string of the molecule is CCOc1ccc(OC(C)C(=O)NNC(=O)c2occc2CS(=O)(=O)c2ccccc2)cc1. The van der Waals surface area contributed by atoms with E-state index in [0.717, 1.165) is 0 Å². The molecule has 1 heterocycles. The summed E-state index contributed by atoms with van der Waals surface area (Å²) in [5, 5.41) is 0. The number of hydrogen-bond donors (Lipinski definition) is 2. The third-order valence-electron chi connectivity index (χ3n) is 4.52. The molecule has 1 unspecified atom stereocenters. The molecule has 0 spiro atoms. The molecular weight excluding hydrogens is 448 g/mol. The number of rotatable bonds is 9. The van der Waals surface area contributed by atoms with E-state index >= 15 is 0 Å². The fourth-order valence-electron chi connectivity index (χ4n) is 2.88. The highest BCUT2D eigenvalue weighted by atomic mass is 32.2. The molecule has 3 aromatic rings. The summed E-state index contributed by atoms with van der Waals surface area (Å²) in [6.07, 6.45) is 0.294. The van der Waals surface area contributed by atoms with Crippen LogP contribution in [0.4, 0.5) is 0 Å². The van der Waals surface area contributed by atoms with Crippen molar-refractivity contribution in [1.29, 1.82) is 0 Å². The molecule has 33 heavy (non-hydrogen) atoms. The molecule has 2 aromatic carbocycles. The van der Waals surface area contributed by atoms with Gasteiger partial charge in [-0.3, -0.25) is 20.4 Å². The van der Waals surface area contributed by atoms with Crippen LogP contribution in [-0.4, -0.2) is 32.9 Å². The van der Waals surface area contributed by atoms with E-state index in [9.17, 15) is 18.0 Å². The van der Waals surface area contributed by atoms with E-state index in [1.165, 1.54) is 31.4 Å². The summed E-state index contributed by atoms with van der Waals surface area (Å²) < 4.78 is 41.2. The lowest BCUT2D eigenvalue weighted by atomic mass is 10.3. The van der Waals surface area contributed by atoms with Gasteiger partial charge in [-0.1, -0.05) is 18.2 Å². The predicted molar refractivity (Wildman–Crippen MR) is 119 cm³/mol. The van der Waals surface area contributed by atoms with Crippen molar-refractivity contribution >= 4 is 21.7 Å². The first-order chi connectivity index (χ1) is 15.8. The van der Waals surface area contributed by atoms with Gasteiger partial charge in [0.15, 0.2) is 21.7 Å². The first-order valence-corrected chi connectivity index (χ1v) is 11.8. The van der Waals surface area contributed by atoms with Gasteiger partial charge in [0.2, 0.25) is 0 Å². The highest BCUT2D eigenvalue weighted by Crippen LogP contribution is 2.20. The van der Waals surface area contributed by atoms with E-state index in [1.807, 2.05) is 6.92 Å². The van der Waals surface area contributed by atoms with E-state index in [-0.39, 0.29) is 16.2 Å². The standard InChI is InChI=1S/C23H24N2O7S/c1-3-30-18-9-11-19(12-10-18)32-16(2)22(26)24-25-23(27)21-17(13-14-31-21)15-33(28,29)20-7-5-4-6-8-20/h4-14,16H,3,15H2,1-2H3,(H,24,26)(H,25,27). The number of amides is 2. The quantitative estimate of drug-likeness (QED) is 0.459. The first kappa shape index (κ1) is 23.9. The van der Waals surface area contributed by atoms with Crippen LogP contribution in [0.2, 0.25) is 0 Å². The fourth-order valence-corrected chi connectivity index (χ4v) is 4.26. The Morgan fingerprint density at radius 1 is 0.970 bits per heavy atom. The van der Waals surface area contributed by atoms with E-state index in [4.69, 9.17) is 13.9 Å². The molecule has 0 radical (unpaired) electrons. The number of carbonyl (C=O) groups is 2. The molecule has 3 rings (SSSR count). The van der Waals surface area contributed by atoms with Crippen LogP contribution in [0.5, 0.6) is 11.5 Å². The van der Waals surface area contributed by atoms with Crippen molar-refractivity contribution in [3.63, 3.8) is 0 Å². The maximum absolute atomic E-state index is 12.6. The lowest BCUT2D eigenvalue weighted by Crippen LogP contribution is -2.47. The van der Waals surface area contributed by atoms with Gasteiger partial charge in [-0.2, -0.15) is 0 Å². The molecule has 2 N–H and O–H groups in total. The molecule has 10 heteroatoms. The molecule has 1 atom stereocenters. The van der Waals surface area contributed by atoms with Crippen molar-refractivity contribution in [2.75, 3.05) is 6.61 Å². The van der Waals surface area contributed by atoms with Crippen molar-refractivity contribution in [2.45, 2.75) is 30.6 Å². The van der Waals surface area contributed by atoms with Gasteiger partial charge >= 0.3 is 5.91 Å². The van der Waals surface area contributed by atoms with Gasteiger partial charge in [0, 0.05) is 5.56 Å². The van der Waals surface area contributed by atoms with Gasteiger partial charge in [0.05, 0.1) is 23.5 Å². The summed E-state index contributed by atoms with van der Waals surface area (Å²) in [6.45, 7) is 3.93. The third kappa shape index (κ3) is 6.36. The second kappa shape index (κ2) is 10.7. The van der Waals surface area contributed by atoms with Crippen molar-refractivity contribution in [3.05, 3.63) is 78.3 Å². The molecule has 0 aliphatic heterocycles. The normalized spacial score (nSPS) is 11.9. The van der Waals surface area contributed by atoms with Crippen molar-refractivity contribution in [1.82, 2.24) is 10.9 Å². The zero-order valence-corrected chi connectivity index (χ0v) is 18.9. The average Bonchev–Trinajstić information content (AvgIpc) is 3.26. The number of hydrogen-bond acceptors (Lipinski definition) is 7. The number of furan rings is 1. The lowest BCUT2D eigenvalue weighted by molar-refractivity contribution is -0.128. The minimum atomic E-state index is -3.68. The van der Waals surface area contributed by atoms with E-state index in [0.29, 0.717) is 18.1 Å². The van der Waals surface area contributed by atoms with Crippen LogP contribution >= 0.6 is 0 Å². The smallest absolute Gasteiger partial charge is 0.305 e. The highest BCUT2D eigenvalue weighted by Gasteiger charge is 2.23. The van der Waals surface area contributed by atoms with E-state index in [1.54, 1.807) is 42.5 Å². The molecule has 1 aromatic heterocycles. The summed E-state index contributed by atoms with van der Waals surface area (Å²) >= 11 is 0. The summed E-state index contributed by atoms with van der Waals surface area (Å²) in [5.41, 5.74) is 4.63. The Kier molecular flexibility index (Phi) is 7.73. The Morgan fingerprint density at radius 3 is 2.30 bits per heavy atom. The Balaban J connectivity index is 1.56. The maximum Gasteiger partial charge on any atom is 0.305 e. The van der Waals surface area contributed by atoms with Gasteiger partial charge in [0.25, 0.3) is 5.91 Å². The molecule has 0 saturated heterocycles. The maximum atomic E-state index is 12.6. The average molecular weight is 473 g/mol. The highest BCUT2D eigenvalue weighted by molar-refractivity contribution is 7.90. The Bertz CT molecular complexity index is 1190. The van der Waals surface area contributed by atoms with Crippen LogP contribution in [0.25, 0.3) is 0 Å². The Morgan fingerprint density at radius 2 is 1.64 bits per heavy atom. The summed E-state index contributed by atoms with van der Waals surface area (Å²) in [6, 6.07) is 16.0. The molecule has 0 aliphatic rings.